The average Bonchev–Trinajstić information content (AvgIpc) is 3.07. The van der Waals surface area contributed by atoms with Gasteiger partial charge in [0.05, 0.1) is 37.9 Å². The quantitative estimate of drug-likeness (QED) is 0.476. The number of rotatable bonds is 9. The molecule has 2 unspecified atom stereocenters. The summed E-state index contributed by atoms with van der Waals surface area (Å²) in [5.41, 5.74) is 0. The molecule has 1 saturated heterocycles. The minimum Gasteiger partial charge on any atom is -0.373 e. The Bertz CT molecular complexity index is 163. The van der Waals surface area contributed by atoms with Gasteiger partial charge in [-0.05, 0) is 0 Å². The summed E-state index contributed by atoms with van der Waals surface area (Å²) in [4.78, 5) is 0. The highest BCUT2D eigenvalue weighted by Crippen LogP contribution is 2.11. The predicted molar refractivity (Wildman–Crippen MR) is 61.4 cm³/mol. The number of hydrogen-bond donors (Lipinski definition) is 0. The molecule has 1 heterocycles. The van der Waals surface area contributed by atoms with E-state index in [1.54, 1.807) is 0 Å². The predicted octanol–water partition coefficient (Wildman–Crippen LogP) is 1.87. The Morgan fingerprint density at radius 2 is 1.67 bits per heavy atom. The summed E-state index contributed by atoms with van der Waals surface area (Å²) in [7, 11) is 0. The lowest BCUT2D eigenvalue weighted by atomic mass is 10.4. The lowest BCUT2D eigenvalue weighted by Gasteiger charge is -2.18. The monoisotopic (exact) mass is 276 g/mol. The molecule has 1 fully saturated rings. The largest absolute Gasteiger partial charge is 0.373 e. The third-order valence-electron chi connectivity index (χ3n) is 1.95. The van der Waals surface area contributed by atoms with Gasteiger partial charge >= 0.3 is 0 Å². The van der Waals surface area contributed by atoms with E-state index in [0.29, 0.717) is 30.9 Å². The summed E-state index contributed by atoms with van der Waals surface area (Å²) in [6.07, 6.45) is -0.0165. The van der Waals surface area contributed by atoms with Crippen molar-refractivity contribution in [2.75, 3.05) is 37.5 Å². The zero-order valence-corrected chi connectivity index (χ0v) is 10.6. The maximum Gasteiger partial charge on any atom is 0.104 e. The minimum atomic E-state index is -0.139. The highest BCUT2D eigenvalue weighted by Gasteiger charge is 2.24. The van der Waals surface area contributed by atoms with Crippen molar-refractivity contribution in [2.24, 2.45) is 0 Å². The van der Waals surface area contributed by atoms with Gasteiger partial charge in [-0.25, -0.2) is 0 Å². The van der Waals surface area contributed by atoms with Crippen molar-refractivity contribution in [1.82, 2.24) is 0 Å². The van der Waals surface area contributed by atoms with Gasteiger partial charge in [-0.15, -0.1) is 34.8 Å². The van der Waals surface area contributed by atoms with Crippen molar-refractivity contribution in [3.05, 3.63) is 0 Å². The van der Waals surface area contributed by atoms with Crippen LogP contribution in [-0.4, -0.2) is 55.8 Å². The Morgan fingerprint density at radius 1 is 1.07 bits per heavy atom. The fraction of sp³-hybridized carbons (Fsp3) is 1.00. The van der Waals surface area contributed by atoms with E-state index < -0.39 is 0 Å². The van der Waals surface area contributed by atoms with Crippen LogP contribution in [0.3, 0.4) is 0 Å². The molecule has 0 aliphatic carbocycles. The molecule has 0 aromatic carbocycles. The van der Waals surface area contributed by atoms with E-state index in [-0.39, 0.29) is 18.3 Å². The molecule has 90 valence electrons. The van der Waals surface area contributed by atoms with Crippen LogP contribution < -0.4 is 0 Å². The smallest absolute Gasteiger partial charge is 0.104 e. The topological polar surface area (TPSA) is 31.0 Å². The Hall–Kier alpha value is 0.750. The summed E-state index contributed by atoms with van der Waals surface area (Å²) >= 11 is 17.0. The van der Waals surface area contributed by atoms with E-state index in [1.807, 2.05) is 0 Å². The first-order valence-electron chi connectivity index (χ1n) is 4.82. The third kappa shape index (κ3) is 6.15. The molecular formula is C9H15Cl3O3. The Labute approximate surface area is 105 Å². The lowest BCUT2D eigenvalue weighted by molar-refractivity contribution is -0.0268. The van der Waals surface area contributed by atoms with Crippen LogP contribution in [0.2, 0.25) is 0 Å². The Balaban J connectivity index is 2.08. The fourth-order valence-electron chi connectivity index (χ4n) is 0.919. The van der Waals surface area contributed by atoms with Gasteiger partial charge in [0.2, 0.25) is 0 Å². The molecule has 3 nitrogen and oxygen atoms in total. The van der Waals surface area contributed by atoms with Gasteiger partial charge in [-0.1, -0.05) is 0 Å². The molecular weight excluding hydrogens is 262 g/mol. The van der Waals surface area contributed by atoms with Crippen LogP contribution in [0, 0.1) is 0 Å². The van der Waals surface area contributed by atoms with Gasteiger partial charge in [-0.3, -0.25) is 0 Å². The molecule has 1 rings (SSSR count). The molecule has 6 heteroatoms. The molecule has 0 spiro atoms. The van der Waals surface area contributed by atoms with Crippen LogP contribution in [0.25, 0.3) is 0 Å². The zero-order valence-electron chi connectivity index (χ0n) is 8.33. The van der Waals surface area contributed by atoms with Crippen LogP contribution in [0.1, 0.15) is 0 Å². The highest BCUT2D eigenvalue weighted by molar-refractivity contribution is 6.21. The van der Waals surface area contributed by atoms with Crippen LogP contribution in [0.15, 0.2) is 0 Å². The maximum atomic E-state index is 5.73. The third-order valence-corrected chi connectivity index (χ3v) is 2.99. The van der Waals surface area contributed by atoms with E-state index in [1.165, 1.54) is 0 Å². The summed E-state index contributed by atoms with van der Waals surface area (Å²) < 4.78 is 15.9. The molecule has 0 aromatic rings. The van der Waals surface area contributed by atoms with Gasteiger partial charge in [0.15, 0.2) is 0 Å². The van der Waals surface area contributed by atoms with Crippen molar-refractivity contribution < 1.29 is 14.2 Å². The average molecular weight is 278 g/mol. The molecule has 0 aromatic heterocycles. The van der Waals surface area contributed by atoms with Crippen molar-refractivity contribution in [1.29, 1.82) is 0 Å². The first kappa shape index (κ1) is 13.8. The van der Waals surface area contributed by atoms with Gasteiger partial charge < -0.3 is 14.2 Å². The van der Waals surface area contributed by atoms with Gasteiger partial charge in [-0.2, -0.15) is 0 Å². The number of halogens is 3. The first-order valence-corrected chi connectivity index (χ1v) is 6.43. The van der Waals surface area contributed by atoms with E-state index in [2.05, 4.69) is 0 Å². The van der Waals surface area contributed by atoms with Crippen molar-refractivity contribution in [3.8, 4) is 0 Å². The zero-order chi connectivity index (χ0) is 11.1. The molecule has 1 aliphatic rings. The minimum absolute atomic E-state index is 0.121. The fourth-order valence-corrected chi connectivity index (χ4v) is 1.60. The Morgan fingerprint density at radius 3 is 2.13 bits per heavy atom. The second-order valence-electron chi connectivity index (χ2n) is 3.33. The lowest BCUT2D eigenvalue weighted by Crippen LogP contribution is -2.28. The number of epoxide rings is 1. The normalized spacial score (nSPS) is 22.0. The molecule has 0 radical (unpaired) electrons. The number of alkyl halides is 3. The van der Waals surface area contributed by atoms with Crippen LogP contribution in [-0.2, 0) is 14.2 Å². The Kier molecular flexibility index (Phi) is 7.30. The maximum absolute atomic E-state index is 5.73. The highest BCUT2D eigenvalue weighted by atomic mass is 35.5. The van der Waals surface area contributed by atoms with E-state index in [4.69, 9.17) is 49.0 Å². The molecule has 0 amide bonds. The summed E-state index contributed by atoms with van der Waals surface area (Å²) in [6.45, 7) is 1.77. The van der Waals surface area contributed by atoms with E-state index in [9.17, 15) is 0 Å². The molecule has 2 atom stereocenters. The van der Waals surface area contributed by atoms with Crippen LogP contribution in [0.5, 0.6) is 0 Å². The van der Waals surface area contributed by atoms with Crippen molar-refractivity contribution in [2.45, 2.75) is 18.3 Å². The second-order valence-corrected chi connectivity index (χ2v) is 4.25. The summed E-state index contributed by atoms with van der Waals surface area (Å²) in [5.74, 6) is 1.15. The first-order chi connectivity index (χ1) is 7.30. The molecule has 0 N–H and O–H groups in total. The van der Waals surface area contributed by atoms with Crippen molar-refractivity contribution >= 4 is 34.8 Å². The van der Waals surface area contributed by atoms with E-state index >= 15 is 0 Å². The van der Waals surface area contributed by atoms with E-state index in [0.717, 1.165) is 6.61 Å². The van der Waals surface area contributed by atoms with Gasteiger partial charge in [0.1, 0.15) is 6.10 Å². The molecule has 1 aliphatic heterocycles. The molecule has 0 saturated carbocycles. The summed E-state index contributed by atoms with van der Waals surface area (Å²) in [5, 5.41) is 0. The summed E-state index contributed by atoms with van der Waals surface area (Å²) in [6, 6.07) is 0. The van der Waals surface area contributed by atoms with Crippen LogP contribution >= 0.6 is 34.8 Å². The molecule has 0 bridgehead atoms. The SMILES string of the molecule is ClCC(CCl)OCC(CCl)OCC1CO1. The number of ether oxygens (including phenoxy) is 3. The standard InChI is InChI=1S/C9H15Cl3O3/c10-1-7(2-11)13-4-8(3-12)14-5-9-6-15-9/h7-9H,1-6H2. The molecule has 15 heavy (non-hydrogen) atoms. The van der Waals surface area contributed by atoms with Crippen molar-refractivity contribution in [3.63, 3.8) is 0 Å². The van der Waals surface area contributed by atoms with Gasteiger partial charge in [0, 0.05) is 11.8 Å². The number of hydrogen-bond acceptors (Lipinski definition) is 3. The van der Waals surface area contributed by atoms with Crippen LogP contribution in [0.4, 0.5) is 0 Å². The van der Waals surface area contributed by atoms with Gasteiger partial charge in [0.25, 0.3) is 0 Å². The second kappa shape index (κ2) is 7.93.